The second-order valence-electron chi connectivity index (χ2n) is 6.64. The number of aliphatic hydroxyl groups is 1. The lowest BCUT2D eigenvalue weighted by Crippen LogP contribution is -2.55. The van der Waals surface area contributed by atoms with Crippen LogP contribution >= 0.6 is 0 Å². The number of aliphatic carboxylic acids is 1. The number of hydrogen-bond acceptors (Lipinski definition) is 4. The number of nitrogens with zero attached hydrogens (tertiary/aromatic N) is 2. The van der Waals surface area contributed by atoms with Crippen LogP contribution in [0.4, 0.5) is 0 Å². The second-order valence-corrected chi connectivity index (χ2v) is 6.64. The standard InChI is InChI=1S/C18H24N2O4/c21-12-13-5-7-14(8-6-13)17(18(23)24)19-9-10-20(16(22)11-19)15-3-1-2-4-15/h5-8,15,17,21H,1-4,9-12H2,(H,23,24)/t17-/m0/s1. The Morgan fingerprint density at radius 1 is 1.17 bits per heavy atom. The van der Waals surface area contributed by atoms with Gasteiger partial charge in [-0.25, -0.2) is 0 Å². The summed E-state index contributed by atoms with van der Waals surface area (Å²) in [6, 6.07) is 6.40. The van der Waals surface area contributed by atoms with Crippen LogP contribution in [0.3, 0.4) is 0 Å². The SMILES string of the molecule is O=C(O)[C@H](c1ccc(CO)cc1)N1CCN(C2CCCC2)C(=O)C1. The fourth-order valence-corrected chi connectivity index (χ4v) is 3.84. The van der Waals surface area contributed by atoms with Crippen molar-refractivity contribution < 1.29 is 19.8 Å². The molecule has 1 saturated heterocycles. The van der Waals surface area contributed by atoms with Crippen LogP contribution in [0, 0.1) is 0 Å². The molecule has 0 aromatic heterocycles. The van der Waals surface area contributed by atoms with Crippen LogP contribution in [0.15, 0.2) is 24.3 Å². The summed E-state index contributed by atoms with van der Waals surface area (Å²) in [5.41, 5.74) is 1.38. The molecule has 3 rings (SSSR count). The molecule has 2 fully saturated rings. The van der Waals surface area contributed by atoms with Crippen molar-refractivity contribution in [3.05, 3.63) is 35.4 Å². The average Bonchev–Trinajstić information content (AvgIpc) is 3.10. The third-order valence-corrected chi connectivity index (χ3v) is 5.13. The van der Waals surface area contributed by atoms with Gasteiger partial charge in [-0.2, -0.15) is 0 Å². The first kappa shape index (κ1) is 16.9. The molecule has 6 heteroatoms. The topological polar surface area (TPSA) is 81.1 Å². The van der Waals surface area contributed by atoms with Crippen molar-refractivity contribution in [1.29, 1.82) is 0 Å². The van der Waals surface area contributed by atoms with Gasteiger partial charge in [-0.1, -0.05) is 37.1 Å². The van der Waals surface area contributed by atoms with Gasteiger partial charge < -0.3 is 15.1 Å². The molecule has 2 aliphatic rings. The number of benzene rings is 1. The molecule has 0 bridgehead atoms. The van der Waals surface area contributed by atoms with Crippen LogP contribution < -0.4 is 0 Å². The van der Waals surface area contributed by atoms with Crippen LogP contribution in [-0.2, 0) is 16.2 Å². The minimum absolute atomic E-state index is 0.0337. The fourth-order valence-electron chi connectivity index (χ4n) is 3.84. The number of rotatable bonds is 5. The van der Waals surface area contributed by atoms with Gasteiger partial charge in [0.25, 0.3) is 0 Å². The minimum atomic E-state index is -0.950. The van der Waals surface area contributed by atoms with E-state index in [1.54, 1.807) is 29.2 Å². The van der Waals surface area contributed by atoms with Crippen LogP contribution in [0.25, 0.3) is 0 Å². The Morgan fingerprint density at radius 2 is 1.83 bits per heavy atom. The quantitative estimate of drug-likeness (QED) is 0.852. The maximum atomic E-state index is 12.5. The molecule has 1 atom stereocenters. The highest BCUT2D eigenvalue weighted by Gasteiger charge is 2.36. The van der Waals surface area contributed by atoms with Crippen LogP contribution in [0.2, 0.25) is 0 Å². The highest BCUT2D eigenvalue weighted by atomic mass is 16.4. The van der Waals surface area contributed by atoms with Gasteiger partial charge in [-0.05, 0) is 24.0 Å². The molecule has 1 aliphatic carbocycles. The van der Waals surface area contributed by atoms with Crippen LogP contribution in [0.1, 0.15) is 42.9 Å². The summed E-state index contributed by atoms with van der Waals surface area (Å²) in [6.45, 7) is 1.24. The largest absolute Gasteiger partial charge is 0.480 e. The summed E-state index contributed by atoms with van der Waals surface area (Å²) in [6.07, 6.45) is 4.48. The fraction of sp³-hybridized carbons (Fsp3) is 0.556. The van der Waals surface area contributed by atoms with E-state index in [4.69, 9.17) is 5.11 Å². The first-order chi connectivity index (χ1) is 11.6. The lowest BCUT2D eigenvalue weighted by Gasteiger charge is -2.40. The number of carboxylic acids is 1. The zero-order chi connectivity index (χ0) is 17.1. The summed E-state index contributed by atoms with van der Waals surface area (Å²) < 4.78 is 0. The molecule has 1 aromatic carbocycles. The summed E-state index contributed by atoms with van der Waals surface area (Å²) >= 11 is 0. The first-order valence-electron chi connectivity index (χ1n) is 8.56. The molecular formula is C18H24N2O4. The Hall–Kier alpha value is -1.92. The van der Waals surface area contributed by atoms with E-state index in [0.717, 1.165) is 18.4 Å². The van der Waals surface area contributed by atoms with Crippen LogP contribution in [-0.4, -0.2) is 57.6 Å². The summed E-state index contributed by atoms with van der Waals surface area (Å²) in [4.78, 5) is 28.0. The lowest BCUT2D eigenvalue weighted by molar-refractivity contribution is -0.148. The van der Waals surface area contributed by atoms with Gasteiger partial charge in [0.1, 0.15) is 6.04 Å². The molecule has 1 saturated carbocycles. The first-order valence-corrected chi connectivity index (χ1v) is 8.56. The van der Waals surface area contributed by atoms with E-state index < -0.39 is 12.0 Å². The van der Waals surface area contributed by atoms with Crippen molar-refractivity contribution in [3.63, 3.8) is 0 Å². The Balaban J connectivity index is 1.73. The zero-order valence-electron chi connectivity index (χ0n) is 13.7. The number of hydrogen-bond donors (Lipinski definition) is 2. The van der Waals surface area contributed by atoms with Gasteiger partial charge in [0.2, 0.25) is 5.91 Å². The Bertz CT molecular complexity index is 596. The highest BCUT2D eigenvalue weighted by Crippen LogP contribution is 2.28. The molecule has 2 N–H and O–H groups in total. The Labute approximate surface area is 141 Å². The van der Waals surface area contributed by atoms with Gasteiger partial charge in [-0.3, -0.25) is 14.5 Å². The van der Waals surface area contributed by atoms with Crippen molar-refractivity contribution >= 4 is 11.9 Å². The predicted molar refractivity (Wildman–Crippen MR) is 88.3 cm³/mol. The smallest absolute Gasteiger partial charge is 0.325 e. The predicted octanol–water partition coefficient (Wildman–Crippen LogP) is 1.39. The van der Waals surface area contributed by atoms with Crippen molar-refractivity contribution in [2.75, 3.05) is 19.6 Å². The minimum Gasteiger partial charge on any atom is -0.480 e. The zero-order valence-corrected chi connectivity index (χ0v) is 13.7. The van der Waals surface area contributed by atoms with Crippen molar-refractivity contribution in [2.45, 2.75) is 44.4 Å². The van der Waals surface area contributed by atoms with E-state index in [1.807, 2.05) is 4.90 Å². The van der Waals surface area contributed by atoms with Gasteiger partial charge in [0.15, 0.2) is 0 Å². The van der Waals surface area contributed by atoms with Gasteiger partial charge in [0, 0.05) is 19.1 Å². The average molecular weight is 332 g/mol. The normalized spacial score (nSPS) is 21.2. The molecule has 1 heterocycles. The van der Waals surface area contributed by atoms with E-state index in [9.17, 15) is 14.7 Å². The maximum Gasteiger partial charge on any atom is 0.325 e. The highest BCUT2D eigenvalue weighted by molar-refractivity contribution is 5.81. The summed E-state index contributed by atoms with van der Waals surface area (Å²) in [7, 11) is 0. The number of aliphatic hydroxyl groups excluding tert-OH is 1. The number of carbonyl (C=O) groups is 2. The van der Waals surface area contributed by atoms with Gasteiger partial charge in [0.05, 0.1) is 13.2 Å². The maximum absolute atomic E-state index is 12.5. The molecule has 6 nitrogen and oxygen atoms in total. The van der Waals surface area contributed by atoms with Gasteiger partial charge >= 0.3 is 5.97 Å². The molecule has 0 spiro atoms. The monoisotopic (exact) mass is 332 g/mol. The number of carboxylic acid groups (broad SMARTS) is 1. The summed E-state index contributed by atoms with van der Waals surface area (Å²) in [5.74, 6) is -0.916. The van der Waals surface area contributed by atoms with E-state index in [1.165, 1.54) is 12.8 Å². The number of amides is 1. The van der Waals surface area contributed by atoms with E-state index in [2.05, 4.69) is 0 Å². The molecule has 0 radical (unpaired) electrons. The Morgan fingerprint density at radius 3 is 2.38 bits per heavy atom. The second kappa shape index (κ2) is 7.32. The van der Waals surface area contributed by atoms with E-state index >= 15 is 0 Å². The number of carbonyl (C=O) groups excluding carboxylic acids is 1. The van der Waals surface area contributed by atoms with Crippen molar-refractivity contribution in [3.8, 4) is 0 Å². The Kier molecular flexibility index (Phi) is 5.16. The molecule has 0 unspecified atom stereocenters. The van der Waals surface area contributed by atoms with Crippen molar-refractivity contribution in [2.24, 2.45) is 0 Å². The van der Waals surface area contributed by atoms with E-state index in [-0.39, 0.29) is 19.1 Å². The molecule has 1 aliphatic heterocycles. The molecule has 1 amide bonds. The molecule has 1 aromatic rings. The van der Waals surface area contributed by atoms with Crippen molar-refractivity contribution in [1.82, 2.24) is 9.80 Å². The molecular weight excluding hydrogens is 308 g/mol. The van der Waals surface area contributed by atoms with Crippen LogP contribution in [0.5, 0.6) is 0 Å². The number of piperazine rings is 1. The third kappa shape index (κ3) is 3.44. The van der Waals surface area contributed by atoms with Gasteiger partial charge in [-0.15, -0.1) is 0 Å². The summed E-state index contributed by atoms with van der Waals surface area (Å²) in [5, 5.41) is 18.8. The lowest BCUT2D eigenvalue weighted by atomic mass is 10.0. The molecule has 130 valence electrons. The third-order valence-electron chi connectivity index (χ3n) is 5.13. The van der Waals surface area contributed by atoms with E-state index in [0.29, 0.717) is 24.7 Å². The molecule has 24 heavy (non-hydrogen) atoms.